The maximum atomic E-state index is 13.0. The number of hydrogen-bond acceptors (Lipinski definition) is 4. The zero-order valence-electron chi connectivity index (χ0n) is 16.5. The number of imide groups is 1. The summed E-state index contributed by atoms with van der Waals surface area (Å²) in [4.78, 5) is 38.5. The summed E-state index contributed by atoms with van der Waals surface area (Å²) in [7, 11) is 0. The van der Waals surface area contributed by atoms with Crippen LogP contribution in [0.2, 0.25) is 5.02 Å². The van der Waals surface area contributed by atoms with Crippen molar-refractivity contribution in [2.75, 3.05) is 17.2 Å². The lowest BCUT2D eigenvalue weighted by atomic mass is 10.0. The number of amides is 3. The predicted molar refractivity (Wildman–Crippen MR) is 114 cm³/mol. The molecule has 0 aliphatic carbocycles. The fourth-order valence-electron chi connectivity index (χ4n) is 3.17. The molecule has 0 spiro atoms. The molecule has 0 unspecified atom stereocenters. The highest BCUT2D eigenvalue weighted by Crippen LogP contribution is 2.32. The highest BCUT2D eigenvalue weighted by atomic mass is 35.5. The summed E-state index contributed by atoms with van der Waals surface area (Å²) in [5.41, 5.74) is 3.30. The van der Waals surface area contributed by atoms with Crippen LogP contribution in [0.15, 0.2) is 48.2 Å². The van der Waals surface area contributed by atoms with Crippen LogP contribution in [0.1, 0.15) is 31.4 Å². The fourth-order valence-corrected chi connectivity index (χ4v) is 3.35. The molecule has 2 N–H and O–H groups in total. The Labute approximate surface area is 174 Å². The van der Waals surface area contributed by atoms with Crippen LogP contribution < -0.4 is 10.6 Å². The van der Waals surface area contributed by atoms with E-state index in [1.807, 2.05) is 19.9 Å². The van der Waals surface area contributed by atoms with Crippen molar-refractivity contribution < 1.29 is 14.4 Å². The first-order valence-corrected chi connectivity index (χ1v) is 9.71. The summed E-state index contributed by atoms with van der Waals surface area (Å²) in [6.07, 6.45) is 0.662. The Bertz CT molecular complexity index is 1010. The molecule has 0 aromatic heterocycles. The van der Waals surface area contributed by atoms with Crippen LogP contribution in [-0.2, 0) is 14.4 Å². The van der Waals surface area contributed by atoms with Gasteiger partial charge >= 0.3 is 0 Å². The standard InChI is InChI=1S/C22H22ClN3O3/c1-4-11-26-21(28)19(15-6-9-17(10-7-15)24-14(3)27)20(22(26)29)25-18-12-16(23)8-5-13(18)2/h5-10,12,25H,4,11H2,1-3H3,(H,24,27). The molecule has 0 fully saturated rings. The van der Waals surface area contributed by atoms with E-state index in [0.29, 0.717) is 40.5 Å². The van der Waals surface area contributed by atoms with Crippen molar-refractivity contribution in [2.24, 2.45) is 0 Å². The topological polar surface area (TPSA) is 78.5 Å². The Morgan fingerprint density at radius 2 is 1.76 bits per heavy atom. The van der Waals surface area contributed by atoms with Crippen LogP contribution in [0.25, 0.3) is 5.57 Å². The summed E-state index contributed by atoms with van der Waals surface area (Å²) >= 11 is 6.11. The molecule has 0 saturated heterocycles. The van der Waals surface area contributed by atoms with Gasteiger partial charge in [-0.2, -0.15) is 0 Å². The molecular weight excluding hydrogens is 390 g/mol. The maximum absolute atomic E-state index is 13.0. The second-order valence-corrected chi connectivity index (χ2v) is 7.29. The van der Waals surface area contributed by atoms with Crippen LogP contribution >= 0.6 is 11.6 Å². The molecule has 1 aliphatic rings. The van der Waals surface area contributed by atoms with Gasteiger partial charge in [0.25, 0.3) is 11.8 Å². The number of aryl methyl sites for hydroxylation is 1. The van der Waals surface area contributed by atoms with Gasteiger partial charge in [0, 0.05) is 29.9 Å². The molecule has 0 radical (unpaired) electrons. The van der Waals surface area contributed by atoms with Crippen molar-refractivity contribution in [1.82, 2.24) is 4.90 Å². The minimum atomic E-state index is -0.364. The Morgan fingerprint density at radius 3 is 2.38 bits per heavy atom. The van der Waals surface area contributed by atoms with E-state index in [4.69, 9.17) is 11.6 Å². The van der Waals surface area contributed by atoms with Crippen LogP contribution in [0.4, 0.5) is 11.4 Å². The summed E-state index contributed by atoms with van der Waals surface area (Å²) < 4.78 is 0. The number of hydrogen-bond donors (Lipinski definition) is 2. The van der Waals surface area contributed by atoms with E-state index >= 15 is 0 Å². The number of rotatable bonds is 6. The average Bonchev–Trinajstić information content (AvgIpc) is 2.90. The summed E-state index contributed by atoms with van der Waals surface area (Å²) in [5.74, 6) is -0.888. The normalized spacial score (nSPS) is 13.9. The molecule has 3 amide bonds. The number of nitrogens with one attached hydrogen (secondary N) is 2. The molecule has 1 heterocycles. The van der Waals surface area contributed by atoms with Gasteiger partial charge < -0.3 is 10.6 Å². The second-order valence-electron chi connectivity index (χ2n) is 6.85. The van der Waals surface area contributed by atoms with Crippen LogP contribution in [0.3, 0.4) is 0 Å². The minimum Gasteiger partial charge on any atom is -0.350 e. The molecule has 29 heavy (non-hydrogen) atoms. The zero-order chi connectivity index (χ0) is 21.1. The molecule has 7 heteroatoms. The van der Waals surface area contributed by atoms with Gasteiger partial charge in [-0.1, -0.05) is 36.7 Å². The quantitative estimate of drug-likeness (QED) is 0.698. The van der Waals surface area contributed by atoms with Crippen molar-refractivity contribution >= 4 is 46.3 Å². The largest absolute Gasteiger partial charge is 0.350 e. The Kier molecular flexibility index (Phi) is 6.03. The van der Waals surface area contributed by atoms with Gasteiger partial charge in [-0.15, -0.1) is 0 Å². The summed E-state index contributed by atoms with van der Waals surface area (Å²) in [6, 6.07) is 12.2. The highest BCUT2D eigenvalue weighted by Gasteiger charge is 2.38. The van der Waals surface area contributed by atoms with E-state index in [-0.39, 0.29) is 23.4 Å². The maximum Gasteiger partial charge on any atom is 0.278 e. The first-order valence-electron chi connectivity index (χ1n) is 9.33. The molecule has 0 bridgehead atoms. The van der Waals surface area contributed by atoms with E-state index in [2.05, 4.69) is 10.6 Å². The Hall–Kier alpha value is -3.12. The SMILES string of the molecule is CCCN1C(=O)C(Nc2cc(Cl)ccc2C)=C(c2ccc(NC(C)=O)cc2)C1=O. The monoisotopic (exact) mass is 411 g/mol. The second kappa shape index (κ2) is 8.49. The molecule has 2 aromatic rings. The smallest absolute Gasteiger partial charge is 0.278 e. The Balaban J connectivity index is 2.05. The van der Waals surface area contributed by atoms with Gasteiger partial charge in [-0.05, 0) is 48.7 Å². The van der Waals surface area contributed by atoms with Crippen molar-refractivity contribution in [3.8, 4) is 0 Å². The molecular formula is C22H22ClN3O3. The van der Waals surface area contributed by atoms with E-state index < -0.39 is 0 Å². The van der Waals surface area contributed by atoms with Crippen LogP contribution in [-0.4, -0.2) is 29.2 Å². The Morgan fingerprint density at radius 1 is 1.07 bits per heavy atom. The number of anilines is 2. The molecule has 0 saturated carbocycles. The molecule has 2 aromatic carbocycles. The minimum absolute atomic E-state index is 0.183. The fraction of sp³-hybridized carbons (Fsp3) is 0.227. The van der Waals surface area contributed by atoms with Gasteiger partial charge in [-0.3, -0.25) is 19.3 Å². The lowest BCUT2D eigenvalue weighted by Crippen LogP contribution is -2.33. The molecule has 0 atom stereocenters. The summed E-state index contributed by atoms with van der Waals surface area (Å²) in [5, 5.41) is 6.35. The number of carbonyl (C=O) groups excluding carboxylic acids is 3. The average molecular weight is 412 g/mol. The van der Waals surface area contributed by atoms with Crippen LogP contribution in [0.5, 0.6) is 0 Å². The third kappa shape index (κ3) is 4.32. The highest BCUT2D eigenvalue weighted by molar-refractivity contribution is 6.36. The number of halogens is 1. The van der Waals surface area contributed by atoms with Gasteiger partial charge in [0.15, 0.2) is 0 Å². The van der Waals surface area contributed by atoms with Gasteiger partial charge in [-0.25, -0.2) is 0 Å². The first-order chi connectivity index (χ1) is 13.8. The van der Waals surface area contributed by atoms with Gasteiger partial charge in [0.05, 0.1) is 5.57 Å². The molecule has 150 valence electrons. The molecule has 6 nitrogen and oxygen atoms in total. The lowest BCUT2D eigenvalue weighted by Gasteiger charge is -2.14. The van der Waals surface area contributed by atoms with Gasteiger partial charge in [0.1, 0.15) is 5.70 Å². The van der Waals surface area contributed by atoms with E-state index in [1.165, 1.54) is 11.8 Å². The predicted octanol–water partition coefficient (Wildman–Crippen LogP) is 4.21. The lowest BCUT2D eigenvalue weighted by molar-refractivity contribution is -0.136. The van der Waals surface area contributed by atoms with Crippen molar-refractivity contribution in [2.45, 2.75) is 27.2 Å². The third-order valence-electron chi connectivity index (χ3n) is 4.57. The summed E-state index contributed by atoms with van der Waals surface area (Å²) in [6.45, 7) is 5.57. The molecule has 3 rings (SSSR count). The first kappa shape index (κ1) is 20.6. The van der Waals surface area contributed by atoms with Crippen molar-refractivity contribution in [3.63, 3.8) is 0 Å². The number of nitrogens with zero attached hydrogens (tertiary/aromatic N) is 1. The van der Waals surface area contributed by atoms with Gasteiger partial charge in [0.2, 0.25) is 5.91 Å². The van der Waals surface area contributed by atoms with E-state index in [0.717, 1.165) is 5.56 Å². The third-order valence-corrected chi connectivity index (χ3v) is 4.80. The van der Waals surface area contributed by atoms with Crippen LogP contribution in [0, 0.1) is 6.92 Å². The van der Waals surface area contributed by atoms with Crippen molar-refractivity contribution in [1.29, 1.82) is 0 Å². The van der Waals surface area contributed by atoms with E-state index in [1.54, 1.807) is 36.4 Å². The molecule has 1 aliphatic heterocycles. The number of benzene rings is 2. The zero-order valence-corrected chi connectivity index (χ0v) is 17.3. The number of carbonyl (C=O) groups is 3. The van der Waals surface area contributed by atoms with E-state index in [9.17, 15) is 14.4 Å². The van der Waals surface area contributed by atoms with Crippen molar-refractivity contribution in [3.05, 3.63) is 64.3 Å².